The Morgan fingerprint density at radius 2 is 1.71 bits per heavy atom. The zero-order valence-corrected chi connectivity index (χ0v) is 24.0. The van der Waals surface area contributed by atoms with E-state index in [-0.39, 0.29) is 24.9 Å². The van der Waals surface area contributed by atoms with Gasteiger partial charge >= 0.3 is 17.3 Å². The third kappa shape index (κ3) is 6.90. The van der Waals surface area contributed by atoms with Crippen LogP contribution in [0.2, 0.25) is 0 Å². The fourth-order valence-electron chi connectivity index (χ4n) is 4.33. The molecule has 2 aromatic carbocycles. The molecule has 0 aliphatic carbocycles. The molecular weight excluding hydrogens is 536 g/mol. The van der Waals surface area contributed by atoms with Crippen LogP contribution in [0.15, 0.2) is 76.4 Å². The Balaban J connectivity index is 1.68. The largest absolute Gasteiger partial charge is 0.469 e. The standard InChI is InChI=1S/C31H32N6O5/c1-5-7-21-9-11-22(12-10-21)19-36-28(35-29(39)37(30(36)40)20-31(2,3)27(38)41-4)34-24-13-15-25(16-14-24)42-26-23(18-32)8-6-17-33-26/h6,8-17H,5,7,19-20H2,1-4H3,(H,34,35,39). The molecule has 42 heavy (non-hydrogen) atoms. The molecule has 0 radical (unpaired) electrons. The summed E-state index contributed by atoms with van der Waals surface area (Å²) in [6.07, 6.45) is 3.49. The molecular formula is C31H32N6O5. The van der Waals surface area contributed by atoms with Crippen LogP contribution < -0.4 is 21.4 Å². The van der Waals surface area contributed by atoms with Crippen molar-refractivity contribution in [1.82, 2.24) is 19.1 Å². The topological polar surface area (TPSA) is 141 Å². The predicted molar refractivity (Wildman–Crippen MR) is 157 cm³/mol. The summed E-state index contributed by atoms with van der Waals surface area (Å²) in [6, 6.07) is 19.9. The molecule has 4 rings (SSSR count). The Kier molecular flexibility index (Phi) is 9.17. The zero-order chi connectivity index (χ0) is 30.3. The molecule has 0 atom stereocenters. The summed E-state index contributed by atoms with van der Waals surface area (Å²) >= 11 is 0. The molecule has 0 saturated carbocycles. The first-order valence-corrected chi connectivity index (χ1v) is 13.4. The molecule has 2 aromatic heterocycles. The molecule has 4 aromatic rings. The molecule has 0 aliphatic rings. The number of rotatable bonds is 11. The van der Waals surface area contributed by atoms with Crippen LogP contribution in [0.1, 0.15) is 43.9 Å². The van der Waals surface area contributed by atoms with Crippen molar-refractivity contribution in [2.75, 3.05) is 12.4 Å². The Bertz CT molecular complexity index is 1720. The number of carbonyl (C=O) groups is 1. The summed E-state index contributed by atoms with van der Waals surface area (Å²) in [5, 5.41) is 12.3. The van der Waals surface area contributed by atoms with E-state index in [9.17, 15) is 19.6 Å². The minimum Gasteiger partial charge on any atom is -0.469 e. The van der Waals surface area contributed by atoms with Crippen LogP contribution in [0, 0.1) is 16.7 Å². The molecule has 0 aliphatic heterocycles. The fraction of sp³-hybridized carbons (Fsp3) is 0.290. The first-order chi connectivity index (χ1) is 20.1. The van der Waals surface area contributed by atoms with Crippen LogP contribution in [-0.4, -0.2) is 32.2 Å². The lowest BCUT2D eigenvalue weighted by Gasteiger charge is -2.23. The zero-order valence-electron chi connectivity index (χ0n) is 24.0. The van der Waals surface area contributed by atoms with E-state index < -0.39 is 22.8 Å². The molecule has 0 unspecified atom stereocenters. The van der Waals surface area contributed by atoms with Crippen molar-refractivity contribution in [1.29, 1.82) is 5.26 Å². The maximum Gasteiger partial charge on any atom is 0.354 e. The molecule has 0 fully saturated rings. The lowest BCUT2D eigenvalue weighted by atomic mass is 9.94. The van der Waals surface area contributed by atoms with Crippen LogP contribution in [0.3, 0.4) is 0 Å². The third-order valence-electron chi connectivity index (χ3n) is 6.56. The van der Waals surface area contributed by atoms with Gasteiger partial charge in [0, 0.05) is 18.4 Å². The maximum absolute atomic E-state index is 13.7. The second-order valence-corrected chi connectivity index (χ2v) is 10.3. The van der Waals surface area contributed by atoms with Crippen molar-refractivity contribution in [2.24, 2.45) is 5.41 Å². The lowest BCUT2D eigenvalue weighted by Crippen LogP contribution is -2.46. The van der Waals surface area contributed by atoms with Crippen molar-refractivity contribution in [3.05, 3.63) is 105 Å². The number of hydrogen-bond acceptors (Lipinski definition) is 9. The smallest absolute Gasteiger partial charge is 0.354 e. The van der Waals surface area contributed by atoms with E-state index in [1.165, 1.54) is 23.4 Å². The van der Waals surface area contributed by atoms with Gasteiger partial charge in [-0.05, 0) is 67.8 Å². The van der Waals surface area contributed by atoms with E-state index >= 15 is 0 Å². The number of anilines is 2. The number of methoxy groups -OCH3 is 1. The molecule has 11 heteroatoms. The minimum absolute atomic E-state index is 0.0416. The summed E-state index contributed by atoms with van der Waals surface area (Å²) in [5.41, 5.74) is 0.306. The molecule has 216 valence electrons. The lowest BCUT2D eigenvalue weighted by molar-refractivity contribution is -0.151. The Morgan fingerprint density at radius 1 is 1.02 bits per heavy atom. The van der Waals surface area contributed by atoms with E-state index in [0.717, 1.165) is 23.0 Å². The molecule has 2 heterocycles. The number of nitrogens with zero attached hydrogens (tertiary/aromatic N) is 5. The van der Waals surface area contributed by atoms with Gasteiger partial charge in [0.05, 0.1) is 19.1 Å². The Hall–Kier alpha value is -5.24. The Morgan fingerprint density at radius 3 is 2.36 bits per heavy atom. The van der Waals surface area contributed by atoms with Gasteiger partial charge in [-0.3, -0.25) is 9.36 Å². The number of nitriles is 1. The highest BCUT2D eigenvalue weighted by Crippen LogP contribution is 2.25. The van der Waals surface area contributed by atoms with Crippen LogP contribution in [-0.2, 0) is 29.0 Å². The second kappa shape index (κ2) is 13.0. The summed E-state index contributed by atoms with van der Waals surface area (Å²) < 4.78 is 12.9. The fourth-order valence-corrected chi connectivity index (χ4v) is 4.33. The van der Waals surface area contributed by atoms with Gasteiger partial charge in [-0.25, -0.2) is 19.1 Å². The molecule has 0 spiro atoms. The number of aromatic nitrogens is 4. The van der Waals surface area contributed by atoms with Gasteiger partial charge < -0.3 is 14.8 Å². The molecule has 0 amide bonds. The average molecular weight is 569 g/mol. The Labute approximate surface area is 243 Å². The van der Waals surface area contributed by atoms with Crippen LogP contribution in [0.25, 0.3) is 0 Å². The van der Waals surface area contributed by atoms with Crippen molar-refractivity contribution in [2.45, 2.75) is 46.7 Å². The van der Waals surface area contributed by atoms with E-state index in [1.54, 1.807) is 50.2 Å². The van der Waals surface area contributed by atoms with Crippen LogP contribution >= 0.6 is 0 Å². The van der Waals surface area contributed by atoms with Gasteiger partial charge in [-0.2, -0.15) is 10.2 Å². The highest BCUT2D eigenvalue weighted by molar-refractivity contribution is 5.75. The maximum atomic E-state index is 13.7. The summed E-state index contributed by atoms with van der Waals surface area (Å²) in [5.74, 6) is 0.109. The first-order valence-electron chi connectivity index (χ1n) is 13.4. The number of carbonyl (C=O) groups excluding carboxylic acids is 1. The number of nitrogens with one attached hydrogen (secondary N) is 1. The highest BCUT2D eigenvalue weighted by atomic mass is 16.5. The van der Waals surface area contributed by atoms with Crippen molar-refractivity contribution < 1.29 is 14.3 Å². The van der Waals surface area contributed by atoms with Gasteiger partial charge in [0.2, 0.25) is 11.8 Å². The van der Waals surface area contributed by atoms with Gasteiger partial charge in [-0.1, -0.05) is 37.6 Å². The second-order valence-electron chi connectivity index (χ2n) is 10.3. The monoisotopic (exact) mass is 568 g/mol. The SMILES string of the molecule is CCCc1ccc(Cn2c(Nc3ccc(Oc4ncccc4C#N)cc3)nc(=O)n(CC(C)(C)C(=O)OC)c2=O)cc1. The van der Waals surface area contributed by atoms with Crippen molar-refractivity contribution in [3.8, 4) is 17.7 Å². The van der Waals surface area contributed by atoms with E-state index in [0.29, 0.717) is 17.0 Å². The van der Waals surface area contributed by atoms with E-state index in [4.69, 9.17) is 9.47 Å². The number of esters is 1. The highest BCUT2D eigenvalue weighted by Gasteiger charge is 2.31. The normalized spacial score (nSPS) is 11.0. The summed E-state index contributed by atoms with van der Waals surface area (Å²) in [7, 11) is 1.26. The van der Waals surface area contributed by atoms with Gasteiger partial charge in [0.1, 0.15) is 17.4 Å². The van der Waals surface area contributed by atoms with Crippen molar-refractivity contribution in [3.63, 3.8) is 0 Å². The molecule has 11 nitrogen and oxygen atoms in total. The molecule has 0 bridgehead atoms. The van der Waals surface area contributed by atoms with Crippen LogP contribution in [0.5, 0.6) is 11.6 Å². The van der Waals surface area contributed by atoms with E-state index in [2.05, 4.69) is 22.2 Å². The van der Waals surface area contributed by atoms with Crippen LogP contribution in [0.4, 0.5) is 11.6 Å². The number of pyridine rings is 1. The first kappa shape index (κ1) is 29.7. The van der Waals surface area contributed by atoms with Gasteiger partial charge in [0.25, 0.3) is 0 Å². The van der Waals surface area contributed by atoms with E-state index in [1.807, 2.05) is 30.3 Å². The quantitative estimate of drug-likeness (QED) is 0.260. The number of benzene rings is 2. The third-order valence-corrected chi connectivity index (χ3v) is 6.56. The number of hydrogen-bond donors (Lipinski definition) is 1. The number of ether oxygens (including phenoxy) is 2. The summed E-state index contributed by atoms with van der Waals surface area (Å²) in [6.45, 7) is 5.24. The minimum atomic E-state index is -1.14. The molecule has 0 saturated heterocycles. The van der Waals surface area contributed by atoms with Gasteiger partial charge in [0.15, 0.2) is 0 Å². The predicted octanol–water partition coefficient (Wildman–Crippen LogP) is 4.41. The molecule has 1 N–H and O–H groups in total. The summed E-state index contributed by atoms with van der Waals surface area (Å²) in [4.78, 5) is 47.4. The average Bonchev–Trinajstić information content (AvgIpc) is 2.99. The number of aryl methyl sites for hydroxylation is 1. The van der Waals surface area contributed by atoms with Crippen molar-refractivity contribution >= 4 is 17.6 Å². The van der Waals surface area contributed by atoms with Gasteiger partial charge in [-0.15, -0.1) is 0 Å².